The van der Waals surface area contributed by atoms with E-state index >= 15 is 0 Å². The third kappa shape index (κ3) is 5.37. The molecule has 0 aliphatic carbocycles. The van der Waals surface area contributed by atoms with Crippen molar-refractivity contribution in [3.8, 4) is 34.1 Å². The van der Waals surface area contributed by atoms with Crippen LogP contribution in [-0.4, -0.2) is 37.0 Å². The van der Waals surface area contributed by atoms with E-state index in [4.69, 9.17) is 18.9 Å². The van der Waals surface area contributed by atoms with Gasteiger partial charge in [0.15, 0.2) is 11.5 Å². The van der Waals surface area contributed by atoms with Gasteiger partial charge in [-0.3, -0.25) is 4.79 Å². The first-order valence-electron chi connectivity index (χ1n) is 12.5. The van der Waals surface area contributed by atoms with Crippen molar-refractivity contribution >= 4 is 44.9 Å². The fraction of sp³-hybridized carbons (Fsp3) is 0.0645. The zero-order chi connectivity index (χ0) is 28.3. The summed E-state index contributed by atoms with van der Waals surface area (Å²) in [5.74, 6) is 0.963. The molecule has 0 radical (unpaired) electrons. The van der Waals surface area contributed by atoms with E-state index in [2.05, 4.69) is 31.4 Å². The fourth-order valence-electron chi connectivity index (χ4n) is 4.48. The largest absolute Gasteiger partial charge is 0.497 e. The van der Waals surface area contributed by atoms with Gasteiger partial charge in [0.05, 0.1) is 18.9 Å². The summed E-state index contributed by atoms with van der Waals surface area (Å²) < 4.78 is 22.4. The van der Waals surface area contributed by atoms with Crippen molar-refractivity contribution in [1.82, 2.24) is 10.4 Å². The first-order valence-corrected chi connectivity index (χ1v) is 13.3. The minimum atomic E-state index is -0.578. The SMILES string of the molecule is COc1ccc2[nH]c(C(=O)NN=Cc3cc(Br)ccc3OC(=O)c3ccc4c(c3)OCO4)c(-c3ccccc3)c2c1. The van der Waals surface area contributed by atoms with Crippen LogP contribution in [0.3, 0.4) is 0 Å². The highest BCUT2D eigenvalue weighted by Gasteiger charge is 2.21. The number of hydrogen-bond acceptors (Lipinski definition) is 7. The number of nitrogens with zero attached hydrogens (tertiary/aromatic N) is 1. The molecule has 9 nitrogen and oxygen atoms in total. The van der Waals surface area contributed by atoms with E-state index < -0.39 is 11.9 Å². The Morgan fingerprint density at radius 1 is 0.976 bits per heavy atom. The summed E-state index contributed by atoms with van der Waals surface area (Å²) in [7, 11) is 1.60. The van der Waals surface area contributed by atoms with Crippen LogP contribution in [0.15, 0.2) is 94.5 Å². The molecule has 0 bridgehead atoms. The molecule has 2 N–H and O–H groups in total. The van der Waals surface area contributed by atoms with Crippen LogP contribution in [-0.2, 0) is 0 Å². The normalized spacial score (nSPS) is 12.0. The second-order valence-corrected chi connectivity index (χ2v) is 9.91. The quantitative estimate of drug-likeness (QED) is 0.0964. The first-order chi connectivity index (χ1) is 20.0. The van der Waals surface area contributed by atoms with E-state index in [0.717, 1.165) is 26.5 Å². The topological polar surface area (TPSA) is 111 Å². The number of amides is 1. The van der Waals surface area contributed by atoms with Crippen molar-refractivity contribution in [2.75, 3.05) is 13.9 Å². The number of esters is 1. The van der Waals surface area contributed by atoms with Gasteiger partial charge in [0, 0.05) is 26.5 Å². The predicted octanol–water partition coefficient (Wildman–Crippen LogP) is 6.32. The molecule has 1 aromatic heterocycles. The Hall–Kier alpha value is -5.09. The Morgan fingerprint density at radius 3 is 2.63 bits per heavy atom. The number of carbonyl (C=O) groups is 2. The maximum Gasteiger partial charge on any atom is 0.343 e. The van der Waals surface area contributed by atoms with Crippen LogP contribution in [0.25, 0.3) is 22.0 Å². The lowest BCUT2D eigenvalue weighted by Crippen LogP contribution is -2.19. The molecule has 4 aromatic carbocycles. The zero-order valence-corrected chi connectivity index (χ0v) is 23.2. The number of hydrazone groups is 1. The van der Waals surface area contributed by atoms with Crippen LogP contribution < -0.4 is 24.4 Å². The van der Waals surface area contributed by atoms with Gasteiger partial charge in [-0.15, -0.1) is 0 Å². The van der Waals surface area contributed by atoms with Crippen molar-refractivity contribution in [3.63, 3.8) is 0 Å². The van der Waals surface area contributed by atoms with Crippen molar-refractivity contribution in [3.05, 3.63) is 106 Å². The van der Waals surface area contributed by atoms with E-state index in [1.54, 1.807) is 43.5 Å². The van der Waals surface area contributed by atoms with Crippen LogP contribution in [0.5, 0.6) is 23.0 Å². The third-order valence-corrected chi connectivity index (χ3v) is 6.94. The Balaban J connectivity index is 1.25. The number of aromatic nitrogens is 1. The second-order valence-electron chi connectivity index (χ2n) is 8.99. The summed E-state index contributed by atoms with van der Waals surface area (Å²) in [5, 5.41) is 5.01. The molecule has 2 heterocycles. The molecule has 6 rings (SSSR count). The summed E-state index contributed by atoms with van der Waals surface area (Å²) in [6.07, 6.45) is 1.42. The van der Waals surface area contributed by atoms with Gasteiger partial charge in [-0.25, -0.2) is 10.2 Å². The number of ether oxygens (including phenoxy) is 4. The molecule has 10 heteroatoms. The van der Waals surface area contributed by atoms with E-state index in [1.807, 2.05) is 48.5 Å². The summed E-state index contributed by atoms with van der Waals surface area (Å²) in [6, 6.07) is 25.1. The van der Waals surface area contributed by atoms with Crippen LogP contribution in [0.1, 0.15) is 26.4 Å². The number of benzene rings is 4. The number of fused-ring (bicyclic) bond motifs is 2. The summed E-state index contributed by atoms with van der Waals surface area (Å²) >= 11 is 3.43. The smallest absolute Gasteiger partial charge is 0.343 e. The molecule has 0 atom stereocenters. The molecule has 0 saturated carbocycles. The minimum absolute atomic E-state index is 0.104. The van der Waals surface area contributed by atoms with Crippen molar-refractivity contribution in [2.24, 2.45) is 5.10 Å². The standard InChI is InChI=1S/C31H22BrN3O6/c1-38-22-9-10-24-23(15-22)28(18-5-3-2-4-6-18)29(34-24)30(36)35-33-16-20-13-21(32)8-12-25(20)41-31(37)19-7-11-26-27(14-19)40-17-39-26/h2-16,34H,17H2,1H3,(H,35,36). The van der Waals surface area contributed by atoms with Gasteiger partial charge >= 0.3 is 5.97 Å². The minimum Gasteiger partial charge on any atom is -0.497 e. The van der Waals surface area contributed by atoms with Gasteiger partial charge in [0.25, 0.3) is 5.91 Å². The number of methoxy groups -OCH3 is 1. The number of halogens is 1. The zero-order valence-electron chi connectivity index (χ0n) is 21.6. The summed E-state index contributed by atoms with van der Waals surface area (Å²) in [5.41, 5.74) is 6.09. The lowest BCUT2D eigenvalue weighted by atomic mass is 10.0. The molecule has 1 amide bonds. The molecule has 0 unspecified atom stereocenters. The summed E-state index contributed by atoms with van der Waals surface area (Å²) in [4.78, 5) is 29.4. The molecule has 0 saturated heterocycles. The lowest BCUT2D eigenvalue weighted by molar-refractivity contribution is 0.0733. The van der Waals surface area contributed by atoms with Gasteiger partial charge in [-0.1, -0.05) is 46.3 Å². The number of H-pyrrole nitrogens is 1. The van der Waals surface area contributed by atoms with E-state index in [1.165, 1.54) is 6.21 Å². The third-order valence-electron chi connectivity index (χ3n) is 6.45. The maximum atomic E-state index is 13.4. The number of carbonyl (C=O) groups excluding carboxylic acids is 2. The summed E-state index contributed by atoms with van der Waals surface area (Å²) in [6.45, 7) is 0.104. The molecular formula is C31H22BrN3O6. The molecule has 41 heavy (non-hydrogen) atoms. The average molecular weight is 612 g/mol. The maximum absolute atomic E-state index is 13.4. The number of nitrogens with one attached hydrogen (secondary N) is 2. The molecule has 0 fully saturated rings. The van der Waals surface area contributed by atoms with E-state index in [-0.39, 0.29) is 12.5 Å². The molecule has 1 aliphatic heterocycles. The Labute approximate surface area is 242 Å². The van der Waals surface area contributed by atoms with Crippen molar-refractivity contribution in [1.29, 1.82) is 0 Å². The van der Waals surface area contributed by atoms with Crippen molar-refractivity contribution in [2.45, 2.75) is 0 Å². The van der Waals surface area contributed by atoms with E-state index in [9.17, 15) is 9.59 Å². The van der Waals surface area contributed by atoms with Crippen molar-refractivity contribution < 1.29 is 28.5 Å². The Kier molecular flexibility index (Phi) is 7.13. The monoisotopic (exact) mass is 611 g/mol. The Morgan fingerprint density at radius 2 is 1.80 bits per heavy atom. The van der Waals surface area contributed by atoms with Gasteiger partial charge in [-0.2, -0.15) is 5.10 Å². The van der Waals surface area contributed by atoms with Crippen LogP contribution in [0.4, 0.5) is 0 Å². The molecular weight excluding hydrogens is 590 g/mol. The highest BCUT2D eigenvalue weighted by Crippen LogP contribution is 2.35. The predicted molar refractivity (Wildman–Crippen MR) is 157 cm³/mol. The number of rotatable bonds is 7. The van der Waals surface area contributed by atoms with Gasteiger partial charge < -0.3 is 23.9 Å². The Bertz CT molecular complexity index is 1820. The molecule has 1 aliphatic rings. The average Bonchev–Trinajstić information content (AvgIpc) is 3.62. The van der Waals surface area contributed by atoms with Crippen LogP contribution in [0.2, 0.25) is 0 Å². The van der Waals surface area contributed by atoms with Crippen LogP contribution in [0, 0.1) is 0 Å². The van der Waals surface area contributed by atoms with Gasteiger partial charge in [0.2, 0.25) is 6.79 Å². The second kappa shape index (κ2) is 11.2. The molecule has 5 aromatic rings. The highest BCUT2D eigenvalue weighted by atomic mass is 79.9. The number of aromatic amines is 1. The highest BCUT2D eigenvalue weighted by molar-refractivity contribution is 9.10. The van der Waals surface area contributed by atoms with Gasteiger partial charge in [-0.05, 0) is 60.2 Å². The van der Waals surface area contributed by atoms with Gasteiger partial charge in [0.1, 0.15) is 17.2 Å². The van der Waals surface area contributed by atoms with Crippen LogP contribution >= 0.6 is 15.9 Å². The van der Waals surface area contributed by atoms with E-state index in [0.29, 0.717) is 34.1 Å². The number of hydrogen-bond donors (Lipinski definition) is 2. The molecule has 204 valence electrons. The first kappa shape index (κ1) is 26.1. The fourth-order valence-corrected chi connectivity index (χ4v) is 4.86. The lowest BCUT2D eigenvalue weighted by Gasteiger charge is -2.09. The molecule has 0 spiro atoms.